The predicted molar refractivity (Wildman–Crippen MR) is 55.6 cm³/mol. The maximum absolute atomic E-state index is 5.78. The lowest BCUT2D eigenvalue weighted by Crippen LogP contribution is -1.97. The number of aromatic nitrogens is 1. The Morgan fingerprint density at radius 2 is 1.77 bits per heavy atom. The number of nitrogens with two attached hydrogens (primary N) is 1. The van der Waals surface area contributed by atoms with Crippen LogP contribution in [-0.2, 0) is 0 Å². The highest BCUT2D eigenvalue weighted by molar-refractivity contribution is 5.85. The van der Waals surface area contributed by atoms with Crippen LogP contribution in [0.3, 0.4) is 0 Å². The maximum atomic E-state index is 5.78. The van der Waals surface area contributed by atoms with Crippen molar-refractivity contribution in [2.45, 2.75) is 13.8 Å². The molecule has 1 heterocycles. The van der Waals surface area contributed by atoms with Crippen molar-refractivity contribution in [1.29, 1.82) is 0 Å². The second-order valence-electron chi connectivity index (χ2n) is 3.26. The van der Waals surface area contributed by atoms with Gasteiger partial charge in [0.15, 0.2) is 0 Å². The second kappa shape index (κ2) is 2.73. The van der Waals surface area contributed by atoms with Crippen LogP contribution < -0.4 is 5.73 Å². The average Bonchev–Trinajstić information content (AvgIpc) is 2.15. The molecule has 0 aliphatic heterocycles. The summed E-state index contributed by atoms with van der Waals surface area (Å²) in [6.07, 6.45) is 0. The predicted octanol–water partition coefficient (Wildman–Crippen LogP) is 2.43. The zero-order valence-corrected chi connectivity index (χ0v) is 7.83. The lowest BCUT2D eigenvalue weighted by molar-refractivity contribution is 1.29. The number of hydrogen-bond acceptors (Lipinski definition) is 2. The number of fused-ring (bicyclic) bond motifs is 1. The SMILES string of the molecule is Cc1c(N)nc2ccccc2c1C. The Bertz CT molecular complexity index is 461. The average molecular weight is 172 g/mol. The zero-order chi connectivity index (χ0) is 9.42. The van der Waals surface area contributed by atoms with Crippen LogP contribution in [0.4, 0.5) is 5.82 Å². The van der Waals surface area contributed by atoms with Crippen LogP contribution in [0.5, 0.6) is 0 Å². The molecular formula is C11H12N2. The van der Waals surface area contributed by atoms with Gasteiger partial charge in [0, 0.05) is 5.39 Å². The molecule has 0 saturated carbocycles. The molecule has 0 spiro atoms. The van der Waals surface area contributed by atoms with Crippen LogP contribution in [0.2, 0.25) is 0 Å². The standard InChI is InChI=1S/C11H12N2/c1-7-8(2)11(12)13-10-6-4-3-5-9(7)10/h3-6H,1-2H3,(H2,12,13). The highest BCUT2D eigenvalue weighted by Gasteiger charge is 2.04. The molecule has 13 heavy (non-hydrogen) atoms. The van der Waals surface area contributed by atoms with E-state index in [1.807, 2.05) is 25.1 Å². The molecule has 2 N–H and O–H groups in total. The Kier molecular flexibility index (Phi) is 1.69. The van der Waals surface area contributed by atoms with E-state index >= 15 is 0 Å². The summed E-state index contributed by atoms with van der Waals surface area (Å²) in [5, 5.41) is 1.19. The third-order valence-electron chi connectivity index (χ3n) is 2.50. The molecule has 0 bridgehead atoms. The largest absolute Gasteiger partial charge is 0.383 e. The van der Waals surface area contributed by atoms with Gasteiger partial charge in [-0.1, -0.05) is 18.2 Å². The molecule has 1 aromatic carbocycles. The Labute approximate surface area is 77.4 Å². The summed E-state index contributed by atoms with van der Waals surface area (Å²) in [5.41, 5.74) is 9.06. The fraction of sp³-hybridized carbons (Fsp3) is 0.182. The van der Waals surface area contributed by atoms with Crippen molar-refractivity contribution in [2.75, 3.05) is 5.73 Å². The Balaban J connectivity index is 2.94. The molecule has 2 nitrogen and oxygen atoms in total. The first-order chi connectivity index (χ1) is 6.20. The van der Waals surface area contributed by atoms with Crippen molar-refractivity contribution in [1.82, 2.24) is 4.98 Å². The molecule has 2 rings (SSSR count). The zero-order valence-electron chi connectivity index (χ0n) is 7.83. The minimum absolute atomic E-state index is 0.635. The van der Waals surface area contributed by atoms with Gasteiger partial charge in [-0.15, -0.1) is 0 Å². The van der Waals surface area contributed by atoms with Gasteiger partial charge in [-0.25, -0.2) is 4.98 Å². The van der Waals surface area contributed by atoms with Crippen LogP contribution >= 0.6 is 0 Å². The number of anilines is 1. The number of rotatable bonds is 0. The number of benzene rings is 1. The van der Waals surface area contributed by atoms with Crippen LogP contribution in [0.25, 0.3) is 10.9 Å². The third-order valence-corrected chi connectivity index (χ3v) is 2.50. The first-order valence-electron chi connectivity index (χ1n) is 4.31. The van der Waals surface area contributed by atoms with Gasteiger partial charge >= 0.3 is 0 Å². The topological polar surface area (TPSA) is 38.9 Å². The molecule has 0 unspecified atom stereocenters. The summed E-state index contributed by atoms with van der Waals surface area (Å²) in [4.78, 5) is 4.31. The van der Waals surface area contributed by atoms with E-state index in [0.717, 1.165) is 11.1 Å². The summed E-state index contributed by atoms with van der Waals surface area (Å²) in [7, 11) is 0. The van der Waals surface area contributed by atoms with Gasteiger partial charge in [-0.2, -0.15) is 0 Å². The van der Waals surface area contributed by atoms with E-state index in [0.29, 0.717) is 5.82 Å². The Morgan fingerprint density at radius 1 is 1.08 bits per heavy atom. The first kappa shape index (κ1) is 8.05. The maximum Gasteiger partial charge on any atom is 0.127 e. The molecule has 0 aliphatic carbocycles. The number of pyridine rings is 1. The van der Waals surface area contributed by atoms with Gasteiger partial charge in [0.1, 0.15) is 5.82 Å². The van der Waals surface area contributed by atoms with E-state index in [-0.39, 0.29) is 0 Å². The van der Waals surface area contributed by atoms with E-state index < -0.39 is 0 Å². The van der Waals surface area contributed by atoms with Crippen LogP contribution in [0, 0.1) is 13.8 Å². The van der Waals surface area contributed by atoms with E-state index in [1.54, 1.807) is 0 Å². The van der Waals surface area contributed by atoms with Crippen LogP contribution in [-0.4, -0.2) is 4.98 Å². The number of para-hydroxylation sites is 1. The minimum atomic E-state index is 0.635. The van der Waals surface area contributed by atoms with Gasteiger partial charge in [0.2, 0.25) is 0 Å². The number of aryl methyl sites for hydroxylation is 1. The summed E-state index contributed by atoms with van der Waals surface area (Å²) < 4.78 is 0. The second-order valence-corrected chi connectivity index (χ2v) is 3.26. The molecule has 0 saturated heterocycles. The molecule has 0 atom stereocenters. The quantitative estimate of drug-likeness (QED) is 0.662. The monoisotopic (exact) mass is 172 g/mol. The Hall–Kier alpha value is -1.57. The van der Waals surface area contributed by atoms with E-state index in [1.165, 1.54) is 10.9 Å². The summed E-state index contributed by atoms with van der Waals surface area (Å²) in [5.74, 6) is 0.635. The van der Waals surface area contributed by atoms with Crippen molar-refractivity contribution < 1.29 is 0 Å². The highest BCUT2D eigenvalue weighted by atomic mass is 14.8. The molecule has 2 heteroatoms. The van der Waals surface area contributed by atoms with Gasteiger partial charge in [0.25, 0.3) is 0 Å². The molecule has 0 fully saturated rings. The molecule has 0 radical (unpaired) electrons. The lowest BCUT2D eigenvalue weighted by atomic mass is 10.1. The van der Waals surface area contributed by atoms with E-state index in [4.69, 9.17) is 5.73 Å². The molecule has 0 aliphatic rings. The highest BCUT2D eigenvalue weighted by Crippen LogP contribution is 2.22. The van der Waals surface area contributed by atoms with Gasteiger partial charge in [-0.05, 0) is 31.0 Å². The molecule has 66 valence electrons. The number of nitrogens with zero attached hydrogens (tertiary/aromatic N) is 1. The van der Waals surface area contributed by atoms with Crippen molar-refractivity contribution >= 4 is 16.7 Å². The smallest absolute Gasteiger partial charge is 0.127 e. The fourth-order valence-electron chi connectivity index (χ4n) is 1.50. The lowest BCUT2D eigenvalue weighted by Gasteiger charge is -2.07. The van der Waals surface area contributed by atoms with Gasteiger partial charge in [0.05, 0.1) is 5.52 Å². The molecule has 1 aromatic heterocycles. The number of hydrogen-bond donors (Lipinski definition) is 1. The minimum Gasteiger partial charge on any atom is -0.383 e. The fourth-order valence-corrected chi connectivity index (χ4v) is 1.50. The molecule has 2 aromatic rings. The van der Waals surface area contributed by atoms with Crippen LogP contribution in [0.1, 0.15) is 11.1 Å². The first-order valence-corrected chi connectivity index (χ1v) is 4.31. The van der Waals surface area contributed by atoms with Crippen molar-refractivity contribution in [2.24, 2.45) is 0 Å². The van der Waals surface area contributed by atoms with E-state index in [2.05, 4.69) is 18.0 Å². The van der Waals surface area contributed by atoms with Crippen molar-refractivity contribution in [3.05, 3.63) is 35.4 Å². The summed E-state index contributed by atoms with van der Waals surface area (Å²) >= 11 is 0. The molecular weight excluding hydrogens is 160 g/mol. The Morgan fingerprint density at radius 3 is 2.54 bits per heavy atom. The summed E-state index contributed by atoms with van der Waals surface area (Å²) in [6, 6.07) is 8.05. The number of nitrogen functional groups attached to an aromatic ring is 1. The normalized spacial score (nSPS) is 10.6. The van der Waals surface area contributed by atoms with E-state index in [9.17, 15) is 0 Å². The van der Waals surface area contributed by atoms with Crippen molar-refractivity contribution in [3.8, 4) is 0 Å². The summed E-state index contributed by atoms with van der Waals surface area (Å²) in [6.45, 7) is 4.08. The van der Waals surface area contributed by atoms with Crippen LogP contribution in [0.15, 0.2) is 24.3 Å². The van der Waals surface area contributed by atoms with Crippen molar-refractivity contribution in [3.63, 3.8) is 0 Å². The molecule has 0 amide bonds. The third kappa shape index (κ3) is 1.15. The van der Waals surface area contributed by atoms with Gasteiger partial charge in [-0.3, -0.25) is 0 Å². The van der Waals surface area contributed by atoms with Gasteiger partial charge < -0.3 is 5.73 Å².